The van der Waals surface area contributed by atoms with Gasteiger partial charge in [-0.2, -0.15) is 0 Å². The van der Waals surface area contributed by atoms with E-state index >= 15 is 0 Å². The molecule has 3 fully saturated rings. The molecule has 3 aliphatic rings. The average molecular weight is 556 g/mol. The lowest BCUT2D eigenvalue weighted by Gasteiger charge is -2.33. The second-order valence-electron chi connectivity index (χ2n) is 9.34. The Hall–Kier alpha value is -0.900. The molecule has 32 heavy (non-hydrogen) atoms. The Kier molecular flexibility index (Phi) is 10.5. The highest BCUT2D eigenvalue weighted by Gasteiger charge is 2.30. The van der Waals surface area contributed by atoms with Crippen LogP contribution in [0.4, 0.5) is 0 Å². The summed E-state index contributed by atoms with van der Waals surface area (Å²) in [5.41, 5.74) is 2.70. The number of nitrogens with one attached hydrogen (secondary N) is 1. The first-order valence-electron chi connectivity index (χ1n) is 12.4. The number of halogens is 1. The fraction of sp³-hybridized carbons (Fsp3) is 0.720. The van der Waals surface area contributed by atoms with Crippen LogP contribution in [0.3, 0.4) is 0 Å². The molecule has 1 aromatic carbocycles. The number of rotatable bonds is 6. The Morgan fingerprint density at radius 3 is 2.50 bits per heavy atom. The quantitative estimate of drug-likeness (QED) is 0.331. The molecule has 3 heterocycles. The first-order valence-corrected chi connectivity index (χ1v) is 12.4. The van der Waals surface area contributed by atoms with E-state index in [1.165, 1.54) is 43.4 Å². The van der Waals surface area contributed by atoms with E-state index in [0.717, 1.165) is 65.0 Å². The van der Waals surface area contributed by atoms with E-state index in [9.17, 15) is 0 Å². The third-order valence-corrected chi connectivity index (χ3v) is 7.12. The van der Waals surface area contributed by atoms with E-state index in [0.29, 0.717) is 12.1 Å². The minimum Gasteiger partial charge on any atom is -0.379 e. The minimum atomic E-state index is 0. The summed E-state index contributed by atoms with van der Waals surface area (Å²) in [6, 6.07) is 10.5. The maximum absolute atomic E-state index is 5.52. The van der Waals surface area contributed by atoms with Crippen LogP contribution < -0.4 is 5.32 Å². The summed E-state index contributed by atoms with van der Waals surface area (Å²) in [5.74, 6) is 1.06. The molecule has 2 unspecified atom stereocenters. The molecule has 180 valence electrons. The highest BCUT2D eigenvalue weighted by Crippen LogP contribution is 2.20. The lowest BCUT2D eigenvalue weighted by molar-refractivity contribution is 0.0195. The van der Waals surface area contributed by atoms with Crippen LogP contribution in [0.15, 0.2) is 29.3 Å². The van der Waals surface area contributed by atoms with Crippen molar-refractivity contribution in [2.75, 3.05) is 52.5 Å². The van der Waals surface area contributed by atoms with Crippen molar-refractivity contribution in [2.45, 2.75) is 64.7 Å². The molecular weight excluding hydrogens is 513 g/mol. The fourth-order valence-electron chi connectivity index (χ4n) is 5.14. The standard InChI is InChI=1S/C25H41N5O.HI/c1-3-26-25(30-13-11-24(20-30)28-14-16-31-17-15-28)27-18-22-7-9-23(10-8-22)19-29-12-5-4-6-21(29)2;/h7-10,21,24H,3-6,11-20H2,1-2H3,(H,26,27);1H. The van der Waals surface area contributed by atoms with E-state index in [1.807, 2.05) is 0 Å². The third kappa shape index (κ3) is 7.05. The zero-order valence-electron chi connectivity index (χ0n) is 20.0. The van der Waals surface area contributed by atoms with Crippen molar-refractivity contribution in [3.05, 3.63) is 35.4 Å². The number of hydrogen-bond acceptors (Lipinski definition) is 4. The third-order valence-electron chi connectivity index (χ3n) is 7.12. The predicted molar refractivity (Wildman–Crippen MR) is 143 cm³/mol. The summed E-state index contributed by atoms with van der Waals surface area (Å²) in [4.78, 5) is 12.6. The van der Waals surface area contributed by atoms with E-state index in [4.69, 9.17) is 9.73 Å². The Balaban J connectivity index is 0.00000289. The molecule has 4 rings (SSSR count). The molecule has 7 heteroatoms. The molecule has 0 radical (unpaired) electrons. The molecule has 0 amide bonds. The molecule has 6 nitrogen and oxygen atoms in total. The number of likely N-dealkylation sites (tertiary alicyclic amines) is 2. The first-order chi connectivity index (χ1) is 15.2. The Bertz CT molecular complexity index is 707. The van der Waals surface area contributed by atoms with Gasteiger partial charge in [0, 0.05) is 51.4 Å². The van der Waals surface area contributed by atoms with Gasteiger partial charge in [0.2, 0.25) is 0 Å². The summed E-state index contributed by atoms with van der Waals surface area (Å²) < 4.78 is 5.52. The van der Waals surface area contributed by atoms with Crippen LogP contribution in [0.25, 0.3) is 0 Å². The molecule has 0 aromatic heterocycles. The number of morpholine rings is 1. The molecule has 2 atom stereocenters. The molecule has 0 aliphatic carbocycles. The van der Waals surface area contributed by atoms with Gasteiger partial charge in [0.15, 0.2) is 5.96 Å². The zero-order chi connectivity index (χ0) is 21.5. The van der Waals surface area contributed by atoms with Crippen LogP contribution >= 0.6 is 24.0 Å². The fourth-order valence-corrected chi connectivity index (χ4v) is 5.14. The molecular formula is C25H42IN5O. The topological polar surface area (TPSA) is 43.3 Å². The summed E-state index contributed by atoms with van der Waals surface area (Å²) in [6.45, 7) is 14.5. The lowest BCUT2D eigenvalue weighted by atomic mass is 10.0. The maximum atomic E-state index is 5.52. The van der Waals surface area contributed by atoms with Gasteiger partial charge in [-0.25, -0.2) is 4.99 Å². The molecule has 0 saturated carbocycles. The van der Waals surface area contributed by atoms with E-state index in [-0.39, 0.29) is 24.0 Å². The summed E-state index contributed by atoms with van der Waals surface area (Å²) in [5, 5.41) is 3.51. The monoisotopic (exact) mass is 555 g/mol. The predicted octanol–water partition coefficient (Wildman–Crippen LogP) is 3.55. The molecule has 3 saturated heterocycles. The Labute approximate surface area is 211 Å². The second-order valence-corrected chi connectivity index (χ2v) is 9.34. The van der Waals surface area contributed by atoms with Gasteiger partial charge < -0.3 is 15.0 Å². The van der Waals surface area contributed by atoms with Crippen LogP contribution in [0.2, 0.25) is 0 Å². The maximum Gasteiger partial charge on any atom is 0.194 e. The number of ether oxygens (including phenoxy) is 1. The van der Waals surface area contributed by atoms with Crippen molar-refractivity contribution in [1.29, 1.82) is 0 Å². The Morgan fingerprint density at radius 2 is 1.78 bits per heavy atom. The van der Waals surface area contributed by atoms with Gasteiger partial charge in [-0.05, 0) is 50.8 Å². The van der Waals surface area contributed by atoms with Gasteiger partial charge in [-0.15, -0.1) is 24.0 Å². The SMILES string of the molecule is CCNC(=NCc1ccc(CN2CCCCC2C)cc1)N1CCC(N2CCOCC2)C1.I. The van der Waals surface area contributed by atoms with Crippen molar-refractivity contribution >= 4 is 29.9 Å². The summed E-state index contributed by atoms with van der Waals surface area (Å²) in [6.07, 6.45) is 5.27. The molecule has 1 N–H and O–H groups in total. The van der Waals surface area contributed by atoms with Gasteiger partial charge in [0.1, 0.15) is 0 Å². The molecule has 3 aliphatic heterocycles. The molecule has 0 bridgehead atoms. The molecule has 0 spiro atoms. The number of guanidine groups is 1. The van der Waals surface area contributed by atoms with Gasteiger partial charge in [0.25, 0.3) is 0 Å². The highest BCUT2D eigenvalue weighted by atomic mass is 127. The number of benzene rings is 1. The van der Waals surface area contributed by atoms with Crippen molar-refractivity contribution in [3.8, 4) is 0 Å². The first kappa shape index (κ1) is 25.7. The number of aliphatic imine (C=N–C) groups is 1. The zero-order valence-corrected chi connectivity index (χ0v) is 22.3. The van der Waals surface area contributed by atoms with E-state index in [2.05, 4.69) is 58.1 Å². The van der Waals surface area contributed by atoms with Crippen molar-refractivity contribution < 1.29 is 4.74 Å². The Morgan fingerprint density at radius 1 is 1.03 bits per heavy atom. The average Bonchev–Trinajstić information content (AvgIpc) is 3.30. The largest absolute Gasteiger partial charge is 0.379 e. The number of hydrogen-bond donors (Lipinski definition) is 1. The second kappa shape index (κ2) is 13.1. The summed E-state index contributed by atoms with van der Waals surface area (Å²) in [7, 11) is 0. The van der Waals surface area contributed by atoms with Gasteiger partial charge in [0.05, 0.1) is 19.8 Å². The van der Waals surface area contributed by atoms with Crippen LogP contribution in [0.5, 0.6) is 0 Å². The van der Waals surface area contributed by atoms with Crippen LogP contribution in [-0.2, 0) is 17.8 Å². The minimum absolute atomic E-state index is 0. The normalized spacial score (nSPS) is 25.6. The van der Waals surface area contributed by atoms with Crippen LogP contribution in [0.1, 0.15) is 50.7 Å². The van der Waals surface area contributed by atoms with Crippen molar-refractivity contribution in [3.63, 3.8) is 0 Å². The molecule has 1 aromatic rings. The number of nitrogens with zero attached hydrogens (tertiary/aromatic N) is 4. The van der Waals surface area contributed by atoms with Gasteiger partial charge >= 0.3 is 0 Å². The van der Waals surface area contributed by atoms with Gasteiger partial charge in [-0.3, -0.25) is 9.80 Å². The van der Waals surface area contributed by atoms with E-state index in [1.54, 1.807) is 0 Å². The highest BCUT2D eigenvalue weighted by molar-refractivity contribution is 14.0. The number of piperidine rings is 1. The van der Waals surface area contributed by atoms with Crippen molar-refractivity contribution in [1.82, 2.24) is 20.0 Å². The van der Waals surface area contributed by atoms with Gasteiger partial charge in [-0.1, -0.05) is 30.7 Å². The van der Waals surface area contributed by atoms with Crippen molar-refractivity contribution in [2.24, 2.45) is 4.99 Å². The van der Waals surface area contributed by atoms with Crippen LogP contribution in [0, 0.1) is 0 Å². The van der Waals surface area contributed by atoms with E-state index < -0.39 is 0 Å². The smallest absolute Gasteiger partial charge is 0.194 e. The lowest BCUT2D eigenvalue weighted by Crippen LogP contribution is -2.46. The van der Waals surface area contributed by atoms with Crippen LogP contribution in [-0.4, -0.2) is 85.2 Å². The summed E-state index contributed by atoms with van der Waals surface area (Å²) >= 11 is 0.